The van der Waals surface area contributed by atoms with E-state index in [1.165, 1.54) is 5.57 Å². The zero-order valence-electron chi connectivity index (χ0n) is 10.8. The topological polar surface area (TPSA) is 46.5 Å². The second-order valence-electron chi connectivity index (χ2n) is 5.84. The van der Waals surface area contributed by atoms with Gasteiger partial charge in [0.25, 0.3) is 0 Å². The number of esters is 1. The van der Waals surface area contributed by atoms with Crippen LogP contribution in [0, 0.1) is 11.8 Å². The van der Waals surface area contributed by atoms with Gasteiger partial charge in [-0.1, -0.05) is 12.2 Å². The van der Waals surface area contributed by atoms with Crippen LogP contribution in [-0.4, -0.2) is 16.7 Å². The summed E-state index contributed by atoms with van der Waals surface area (Å²) in [5.41, 5.74) is 1.90. The molecule has 0 saturated heterocycles. The van der Waals surface area contributed by atoms with Crippen molar-refractivity contribution in [3.05, 3.63) is 35.1 Å². The highest BCUT2D eigenvalue weighted by molar-refractivity contribution is 5.94. The fourth-order valence-corrected chi connectivity index (χ4v) is 3.51. The molecule has 3 atom stereocenters. The summed E-state index contributed by atoms with van der Waals surface area (Å²) >= 11 is 0. The Morgan fingerprint density at radius 2 is 2.28 bits per heavy atom. The number of carbonyl (C=O) groups excluding carboxylic acids is 1. The Labute approximate surface area is 107 Å². The van der Waals surface area contributed by atoms with Crippen LogP contribution in [0.2, 0.25) is 0 Å². The summed E-state index contributed by atoms with van der Waals surface area (Å²) in [6.45, 7) is 7.72. The summed E-state index contributed by atoms with van der Waals surface area (Å²) in [6, 6.07) is 0. The Kier molecular flexibility index (Phi) is 2.33. The molecular formula is C15H18O3. The highest BCUT2D eigenvalue weighted by Gasteiger charge is 2.46. The summed E-state index contributed by atoms with van der Waals surface area (Å²) in [5.74, 6) is 0.717. The smallest absolute Gasteiger partial charge is 0.339 e. The Hall–Kier alpha value is -1.35. The summed E-state index contributed by atoms with van der Waals surface area (Å²) in [5, 5.41) is 10.6. The number of hydrogen-bond acceptors (Lipinski definition) is 3. The van der Waals surface area contributed by atoms with Crippen LogP contribution in [0.25, 0.3) is 0 Å². The first kappa shape index (κ1) is 11.7. The van der Waals surface area contributed by atoms with Gasteiger partial charge >= 0.3 is 5.97 Å². The van der Waals surface area contributed by atoms with Gasteiger partial charge in [0.05, 0.1) is 5.60 Å². The van der Waals surface area contributed by atoms with Crippen molar-refractivity contribution in [2.24, 2.45) is 11.8 Å². The van der Waals surface area contributed by atoms with Crippen LogP contribution in [0.3, 0.4) is 0 Å². The van der Waals surface area contributed by atoms with E-state index in [-0.39, 0.29) is 17.8 Å². The van der Waals surface area contributed by atoms with Crippen LogP contribution in [0.4, 0.5) is 0 Å². The minimum Gasteiger partial charge on any atom is -0.423 e. The second kappa shape index (κ2) is 3.58. The molecule has 1 fully saturated rings. The van der Waals surface area contributed by atoms with Crippen molar-refractivity contribution in [1.29, 1.82) is 0 Å². The molecule has 0 bridgehead atoms. The van der Waals surface area contributed by atoms with E-state index in [0.717, 1.165) is 24.8 Å². The first-order valence-corrected chi connectivity index (χ1v) is 6.45. The van der Waals surface area contributed by atoms with Crippen molar-refractivity contribution in [1.82, 2.24) is 0 Å². The van der Waals surface area contributed by atoms with E-state index in [0.29, 0.717) is 11.3 Å². The SMILES string of the molecule is C=C1CC[C@@H]2[C@@H]1CC1=C(C)C(=O)OC1=C[C@@]2(C)O. The minimum absolute atomic E-state index is 0.183. The van der Waals surface area contributed by atoms with Crippen molar-refractivity contribution in [3.8, 4) is 0 Å². The molecule has 1 aliphatic heterocycles. The highest BCUT2D eigenvalue weighted by atomic mass is 16.5. The zero-order chi connectivity index (χ0) is 13.1. The van der Waals surface area contributed by atoms with Gasteiger partial charge in [-0.3, -0.25) is 0 Å². The molecule has 96 valence electrons. The molecule has 1 heterocycles. The summed E-state index contributed by atoms with van der Waals surface area (Å²) in [7, 11) is 0. The normalized spacial score (nSPS) is 39.2. The molecule has 0 radical (unpaired) electrons. The predicted molar refractivity (Wildman–Crippen MR) is 67.5 cm³/mol. The summed E-state index contributed by atoms with van der Waals surface area (Å²) in [4.78, 5) is 11.6. The summed E-state index contributed by atoms with van der Waals surface area (Å²) in [6.07, 6.45) is 4.42. The minimum atomic E-state index is -0.925. The average Bonchev–Trinajstić information content (AvgIpc) is 2.72. The predicted octanol–water partition coefficient (Wildman–Crippen LogP) is 2.48. The molecule has 0 aromatic heterocycles. The molecule has 18 heavy (non-hydrogen) atoms. The zero-order valence-corrected chi connectivity index (χ0v) is 10.8. The maximum Gasteiger partial charge on any atom is 0.339 e. The Morgan fingerprint density at radius 1 is 1.56 bits per heavy atom. The van der Waals surface area contributed by atoms with Crippen LogP contribution in [-0.2, 0) is 9.53 Å². The van der Waals surface area contributed by atoms with Crippen molar-refractivity contribution in [3.63, 3.8) is 0 Å². The molecule has 0 aromatic carbocycles. The van der Waals surface area contributed by atoms with E-state index in [1.54, 1.807) is 19.9 Å². The first-order chi connectivity index (χ1) is 8.40. The molecule has 2 aliphatic carbocycles. The lowest BCUT2D eigenvalue weighted by Gasteiger charge is -2.30. The molecular weight excluding hydrogens is 228 g/mol. The molecule has 3 heteroatoms. The quantitative estimate of drug-likeness (QED) is 0.527. The summed E-state index contributed by atoms with van der Waals surface area (Å²) < 4.78 is 5.25. The van der Waals surface area contributed by atoms with E-state index in [9.17, 15) is 9.90 Å². The van der Waals surface area contributed by atoms with Crippen molar-refractivity contribution in [2.45, 2.75) is 38.7 Å². The lowest BCUT2D eigenvalue weighted by Crippen LogP contribution is -2.34. The number of fused-ring (bicyclic) bond motifs is 2. The van der Waals surface area contributed by atoms with E-state index in [2.05, 4.69) is 6.58 Å². The molecule has 0 unspecified atom stereocenters. The number of aliphatic hydroxyl groups is 1. The third kappa shape index (κ3) is 1.50. The third-order valence-corrected chi connectivity index (χ3v) is 4.64. The first-order valence-electron chi connectivity index (χ1n) is 6.45. The Balaban J connectivity index is 2.11. The molecule has 0 spiro atoms. The standard InChI is InChI=1S/C15H18O3/c1-8-4-5-12-10(8)6-11-9(2)14(16)18-13(11)7-15(12,3)17/h7,10,12,17H,1,4-6H2,2-3H3/t10-,12-,15-/m1/s1. The lowest BCUT2D eigenvalue weighted by molar-refractivity contribution is -0.133. The largest absolute Gasteiger partial charge is 0.423 e. The van der Waals surface area contributed by atoms with Crippen LogP contribution in [0.1, 0.15) is 33.1 Å². The number of hydrogen-bond donors (Lipinski definition) is 1. The van der Waals surface area contributed by atoms with Gasteiger partial charge in [-0.2, -0.15) is 0 Å². The number of carbonyl (C=O) groups is 1. The van der Waals surface area contributed by atoms with E-state index in [4.69, 9.17) is 4.74 Å². The third-order valence-electron chi connectivity index (χ3n) is 4.64. The van der Waals surface area contributed by atoms with Gasteiger partial charge in [-0.05, 0) is 51.0 Å². The van der Waals surface area contributed by atoms with Gasteiger partial charge in [0.15, 0.2) is 0 Å². The maximum atomic E-state index is 11.6. The van der Waals surface area contributed by atoms with Crippen molar-refractivity contribution < 1.29 is 14.6 Å². The van der Waals surface area contributed by atoms with Crippen molar-refractivity contribution in [2.75, 3.05) is 0 Å². The van der Waals surface area contributed by atoms with Crippen molar-refractivity contribution >= 4 is 5.97 Å². The lowest BCUT2D eigenvalue weighted by atomic mass is 9.80. The number of ether oxygens (including phenoxy) is 1. The van der Waals surface area contributed by atoms with E-state index in [1.807, 2.05) is 0 Å². The molecule has 1 N–H and O–H groups in total. The Morgan fingerprint density at radius 3 is 3.00 bits per heavy atom. The Bertz CT molecular complexity index is 508. The molecule has 3 rings (SSSR count). The van der Waals surface area contributed by atoms with Gasteiger partial charge in [0, 0.05) is 11.1 Å². The van der Waals surface area contributed by atoms with E-state index < -0.39 is 5.60 Å². The number of rotatable bonds is 0. The number of allylic oxidation sites excluding steroid dienone is 2. The van der Waals surface area contributed by atoms with E-state index >= 15 is 0 Å². The van der Waals surface area contributed by atoms with Crippen LogP contribution < -0.4 is 0 Å². The fourth-order valence-electron chi connectivity index (χ4n) is 3.51. The van der Waals surface area contributed by atoms with Gasteiger partial charge < -0.3 is 9.84 Å². The molecule has 3 nitrogen and oxygen atoms in total. The highest BCUT2D eigenvalue weighted by Crippen LogP contribution is 2.50. The second-order valence-corrected chi connectivity index (χ2v) is 5.84. The van der Waals surface area contributed by atoms with Gasteiger partial charge in [-0.25, -0.2) is 4.79 Å². The van der Waals surface area contributed by atoms with Crippen LogP contribution >= 0.6 is 0 Å². The van der Waals surface area contributed by atoms with Crippen LogP contribution in [0.15, 0.2) is 35.1 Å². The van der Waals surface area contributed by atoms with Gasteiger partial charge in [-0.15, -0.1) is 0 Å². The molecule has 0 aromatic rings. The van der Waals surface area contributed by atoms with Crippen LogP contribution in [0.5, 0.6) is 0 Å². The molecule has 3 aliphatic rings. The molecule has 0 amide bonds. The average molecular weight is 246 g/mol. The fraction of sp³-hybridized carbons (Fsp3) is 0.533. The maximum absolute atomic E-state index is 11.6. The molecule has 1 saturated carbocycles. The van der Waals surface area contributed by atoms with Gasteiger partial charge in [0.1, 0.15) is 5.76 Å². The van der Waals surface area contributed by atoms with Gasteiger partial charge in [0.2, 0.25) is 0 Å². The monoisotopic (exact) mass is 246 g/mol.